The molecule has 3 rings (SSSR count). The average molecular weight is 453 g/mol. The van der Waals surface area contributed by atoms with Gasteiger partial charge >= 0.3 is 0 Å². The maximum Gasteiger partial charge on any atom is 0.270 e. The van der Waals surface area contributed by atoms with Crippen LogP contribution in [-0.4, -0.2) is 30.1 Å². The third-order valence-corrected chi connectivity index (χ3v) is 5.63. The molecule has 0 saturated carbocycles. The molecule has 1 heterocycles. The standard InChI is InChI=1S/C25H28N2O4S/c1-6-16(4)31-22-18(8-7-9-21(22)30-5)14-20-23(28)26-25(32)27(24(20)29)19-12-10-17(11-13-19)15(2)3/h7-16H,6H2,1-5H3,(H,26,28,32)/b20-14+/t16-/m0/s1. The Morgan fingerprint density at radius 1 is 1.09 bits per heavy atom. The molecule has 1 saturated heterocycles. The van der Waals surface area contributed by atoms with Gasteiger partial charge in [0.05, 0.1) is 18.9 Å². The highest BCUT2D eigenvalue weighted by Gasteiger charge is 2.34. The van der Waals surface area contributed by atoms with Crippen molar-refractivity contribution >= 4 is 40.9 Å². The molecule has 0 aliphatic carbocycles. The van der Waals surface area contributed by atoms with Crippen molar-refractivity contribution in [2.24, 2.45) is 0 Å². The van der Waals surface area contributed by atoms with Gasteiger partial charge in [-0.15, -0.1) is 0 Å². The first-order valence-electron chi connectivity index (χ1n) is 10.6. The lowest BCUT2D eigenvalue weighted by Gasteiger charge is -2.29. The second-order valence-electron chi connectivity index (χ2n) is 7.92. The second-order valence-corrected chi connectivity index (χ2v) is 8.31. The van der Waals surface area contributed by atoms with Crippen LogP contribution in [0, 0.1) is 0 Å². The molecule has 1 atom stereocenters. The molecule has 2 aromatic rings. The lowest BCUT2D eigenvalue weighted by molar-refractivity contribution is -0.122. The third kappa shape index (κ3) is 4.83. The summed E-state index contributed by atoms with van der Waals surface area (Å²) in [7, 11) is 1.55. The fourth-order valence-corrected chi connectivity index (χ4v) is 3.55. The number of nitrogens with one attached hydrogen (secondary N) is 1. The summed E-state index contributed by atoms with van der Waals surface area (Å²) in [4.78, 5) is 27.4. The quantitative estimate of drug-likeness (QED) is 0.370. The first kappa shape index (κ1) is 23.5. The van der Waals surface area contributed by atoms with Crippen LogP contribution in [-0.2, 0) is 9.59 Å². The van der Waals surface area contributed by atoms with Crippen LogP contribution in [0.2, 0.25) is 0 Å². The van der Waals surface area contributed by atoms with Crippen LogP contribution < -0.4 is 19.7 Å². The van der Waals surface area contributed by atoms with Crippen LogP contribution in [0.5, 0.6) is 11.5 Å². The fourth-order valence-electron chi connectivity index (χ4n) is 3.27. The summed E-state index contributed by atoms with van der Waals surface area (Å²) in [5.41, 5.74) is 2.28. The molecule has 6 nitrogen and oxygen atoms in total. The van der Waals surface area contributed by atoms with E-state index in [1.807, 2.05) is 38.1 Å². The van der Waals surface area contributed by atoms with E-state index in [0.29, 0.717) is 28.7 Å². The van der Waals surface area contributed by atoms with E-state index in [1.165, 1.54) is 11.0 Å². The number of anilines is 1. The molecule has 1 aliphatic heterocycles. The maximum atomic E-state index is 13.4. The lowest BCUT2D eigenvalue weighted by atomic mass is 10.0. The predicted octanol–water partition coefficient (Wildman–Crippen LogP) is 4.83. The maximum absolute atomic E-state index is 13.4. The summed E-state index contributed by atoms with van der Waals surface area (Å²) in [6.07, 6.45) is 2.25. The molecule has 1 aliphatic rings. The van der Waals surface area contributed by atoms with Crippen LogP contribution in [0.25, 0.3) is 6.08 Å². The summed E-state index contributed by atoms with van der Waals surface area (Å²) >= 11 is 5.30. The van der Waals surface area contributed by atoms with Crippen LogP contribution in [0.1, 0.15) is 51.2 Å². The molecule has 1 fully saturated rings. The van der Waals surface area contributed by atoms with E-state index in [4.69, 9.17) is 21.7 Å². The van der Waals surface area contributed by atoms with Gasteiger partial charge in [-0.25, -0.2) is 0 Å². The Hall–Kier alpha value is -3.19. The van der Waals surface area contributed by atoms with Gasteiger partial charge in [-0.05, 0) is 61.3 Å². The van der Waals surface area contributed by atoms with Crippen molar-refractivity contribution in [2.75, 3.05) is 12.0 Å². The number of carbonyl (C=O) groups excluding carboxylic acids is 2. The van der Waals surface area contributed by atoms with E-state index in [1.54, 1.807) is 25.3 Å². The highest BCUT2D eigenvalue weighted by molar-refractivity contribution is 7.80. The van der Waals surface area contributed by atoms with Crippen molar-refractivity contribution in [3.63, 3.8) is 0 Å². The second kappa shape index (κ2) is 9.96. The number of carbonyl (C=O) groups is 2. The van der Waals surface area contributed by atoms with Crippen LogP contribution in [0.4, 0.5) is 5.69 Å². The van der Waals surface area contributed by atoms with Gasteiger partial charge < -0.3 is 9.47 Å². The van der Waals surface area contributed by atoms with Crippen molar-refractivity contribution in [1.29, 1.82) is 0 Å². The summed E-state index contributed by atoms with van der Waals surface area (Å²) in [6, 6.07) is 12.9. The SMILES string of the molecule is CC[C@H](C)Oc1c(/C=C2\C(=O)NC(=S)N(c3ccc(C(C)C)cc3)C2=O)cccc1OC. The van der Waals surface area contributed by atoms with Gasteiger partial charge in [0, 0.05) is 5.56 Å². The monoisotopic (exact) mass is 452 g/mol. The Labute approximate surface area is 194 Å². The largest absolute Gasteiger partial charge is 0.493 e. The molecule has 0 aromatic heterocycles. The molecular formula is C25H28N2O4S. The highest BCUT2D eigenvalue weighted by atomic mass is 32.1. The third-order valence-electron chi connectivity index (χ3n) is 5.34. The van der Waals surface area contributed by atoms with E-state index >= 15 is 0 Å². The number of ether oxygens (including phenoxy) is 2. The first-order chi connectivity index (χ1) is 15.3. The molecule has 2 amide bonds. The summed E-state index contributed by atoms with van der Waals surface area (Å²) < 4.78 is 11.5. The van der Waals surface area contributed by atoms with Gasteiger partial charge in [0.1, 0.15) is 5.57 Å². The fraction of sp³-hybridized carbons (Fsp3) is 0.320. The molecule has 0 unspecified atom stereocenters. The zero-order valence-electron chi connectivity index (χ0n) is 19.0. The Morgan fingerprint density at radius 2 is 1.78 bits per heavy atom. The minimum atomic E-state index is -0.549. The van der Waals surface area contributed by atoms with Gasteiger partial charge in [-0.3, -0.25) is 19.8 Å². The topological polar surface area (TPSA) is 67.9 Å². The minimum absolute atomic E-state index is 0.0335. The number of para-hydroxylation sites is 1. The van der Waals surface area contributed by atoms with Gasteiger partial charge in [0.2, 0.25) is 0 Å². The summed E-state index contributed by atoms with van der Waals surface area (Å²) in [6.45, 7) is 8.16. The van der Waals surface area contributed by atoms with Gasteiger partial charge in [-0.2, -0.15) is 0 Å². The molecule has 32 heavy (non-hydrogen) atoms. The molecule has 2 aromatic carbocycles. The Kier molecular flexibility index (Phi) is 7.30. The van der Waals surface area contributed by atoms with Crippen molar-refractivity contribution in [3.8, 4) is 11.5 Å². The van der Waals surface area contributed by atoms with E-state index in [0.717, 1.165) is 12.0 Å². The number of amides is 2. The molecule has 0 spiro atoms. The number of nitrogens with zero attached hydrogens (tertiary/aromatic N) is 1. The normalized spacial score (nSPS) is 16.4. The van der Waals surface area contributed by atoms with Gasteiger partial charge in [0.25, 0.3) is 11.8 Å². The van der Waals surface area contributed by atoms with Crippen molar-refractivity contribution in [2.45, 2.75) is 46.1 Å². The van der Waals surface area contributed by atoms with Gasteiger partial charge in [0.15, 0.2) is 16.6 Å². The minimum Gasteiger partial charge on any atom is -0.493 e. The number of hydrogen-bond acceptors (Lipinski definition) is 5. The zero-order chi connectivity index (χ0) is 23.4. The number of methoxy groups -OCH3 is 1. The number of benzene rings is 2. The number of hydrogen-bond donors (Lipinski definition) is 1. The first-order valence-corrected chi connectivity index (χ1v) is 11.0. The Morgan fingerprint density at radius 3 is 2.38 bits per heavy atom. The number of thiocarbonyl (C=S) groups is 1. The molecule has 168 valence electrons. The van der Waals surface area contributed by atoms with Crippen LogP contribution in [0.3, 0.4) is 0 Å². The predicted molar refractivity (Wildman–Crippen MR) is 130 cm³/mol. The lowest BCUT2D eigenvalue weighted by Crippen LogP contribution is -2.54. The van der Waals surface area contributed by atoms with Crippen LogP contribution in [0.15, 0.2) is 48.0 Å². The van der Waals surface area contributed by atoms with Crippen molar-refractivity contribution < 1.29 is 19.1 Å². The zero-order valence-corrected chi connectivity index (χ0v) is 19.8. The van der Waals surface area contributed by atoms with Gasteiger partial charge in [-0.1, -0.05) is 45.0 Å². The molecular weight excluding hydrogens is 424 g/mol. The highest BCUT2D eigenvalue weighted by Crippen LogP contribution is 2.34. The van der Waals surface area contributed by atoms with E-state index in [2.05, 4.69) is 19.2 Å². The summed E-state index contributed by atoms with van der Waals surface area (Å²) in [5.74, 6) is 0.333. The van der Waals surface area contributed by atoms with Crippen LogP contribution >= 0.6 is 12.2 Å². The molecule has 0 bridgehead atoms. The summed E-state index contributed by atoms with van der Waals surface area (Å²) in [5, 5.41) is 2.68. The molecule has 7 heteroatoms. The van der Waals surface area contributed by atoms with E-state index in [-0.39, 0.29) is 16.8 Å². The Bertz CT molecular complexity index is 1060. The number of rotatable bonds is 7. The van der Waals surface area contributed by atoms with E-state index in [9.17, 15) is 9.59 Å². The average Bonchev–Trinajstić information content (AvgIpc) is 2.77. The smallest absolute Gasteiger partial charge is 0.270 e. The Balaban J connectivity index is 2.03. The molecule has 1 N–H and O–H groups in total. The van der Waals surface area contributed by atoms with Crippen molar-refractivity contribution in [1.82, 2.24) is 5.32 Å². The molecule has 0 radical (unpaired) electrons. The van der Waals surface area contributed by atoms with E-state index < -0.39 is 11.8 Å². The van der Waals surface area contributed by atoms with Crippen molar-refractivity contribution in [3.05, 3.63) is 59.2 Å².